The number of nitrogens with zero attached hydrogens (tertiary/aromatic N) is 3. The summed E-state index contributed by atoms with van der Waals surface area (Å²) in [6, 6.07) is 4.27. The molecule has 7 heteroatoms. The Morgan fingerprint density at radius 1 is 1.39 bits per heavy atom. The van der Waals surface area contributed by atoms with E-state index in [0.29, 0.717) is 33.9 Å². The first-order valence-corrected chi connectivity index (χ1v) is 9.00. The van der Waals surface area contributed by atoms with Gasteiger partial charge >= 0.3 is 6.03 Å². The van der Waals surface area contributed by atoms with Gasteiger partial charge < -0.3 is 9.32 Å². The fraction of sp³-hybridized carbons (Fsp3) is 0.562. The van der Waals surface area contributed by atoms with Gasteiger partial charge in [-0.1, -0.05) is 24.2 Å². The van der Waals surface area contributed by atoms with Gasteiger partial charge in [0.05, 0.1) is 6.26 Å². The minimum absolute atomic E-state index is 0.0472. The van der Waals surface area contributed by atoms with Crippen molar-refractivity contribution in [1.29, 1.82) is 0 Å². The highest BCUT2D eigenvalue weighted by molar-refractivity contribution is 7.18. The highest BCUT2D eigenvalue weighted by Gasteiger charge is 2.42. The molecule has 23 heavy (non-hydrogen) atoms. The van der Waals surface area contributed by atoms with Crippen LogP contribution in [-0.2, 0) is 0 Å². The second-order valence-electron chi connectivity index (χ2n) is 6.42. The second-order valence-corrected chi connectivity index (χ2v) is 7.40. The van der Waals surface area contributed by atoms with Crippen molar-refractivity contribution in [3.8, 4) is 10.8 Å². The van der Waals surface area contributed by atoms with Crippen molar-refractivity contribution in [1.82, 2.24) is 15.1 Å². The van der Waals surface area contributed by atoms with Crippen LogP contribution in [0.1, 0.15) is 39.0 Å². The molecule has 0 spiro atoms. The van der Waals surface area contributed by atoms with Crippen LogP contribution in [0.2, 0.25) is 0 Å². The smallest absolute Gasteiger partial charge is 0.324 e. The Hall–Kier alpha value is -1.89. The van der Waals surface area contributed by atoms with E-state index in [1.807, 2.05) is 17.0 Å². The van der Waals surface area contributed by atoms with Crippen molar-refractivity contribution in [2.24, 2.45) is 5.92 Å². The summed E-state index contributed by atoms with van der Waals surface area (Å²) < 4.78 is 5.31. The Labute approximate surface area is 138 Å². The number of fused-ring (bicyclic) bond motifs is 1. The lowest BCUT2D eigenvalue weighted by Gasteiger charge is -2.32. The van der Waals surface area contributed by atoms with E-state index in [2.05, 4.69) is 22.4 Å². The minimum atomic E-state index is -0.0472. The molecule has 3 atom stereocenters. The zero-order valence-electron chi connectivity index (χ0n) is 13.1. The number of likely N-dealkylation sites (tertiary alicyclic amines) is 1. The highest BCUT2D eigenvalue weighted by Crippen LogP contribution is 2.40. The van der Waals surface area contributed by atoms with Crippen LogP contribution < -0.4 is 5.32 Å². The van der Waals surface area contributed by atoms with Crippen LogP contribution in [0.25, 0.3) is 10.8 Å². The lowest BCUT2D eigenvalue weighted by Crippen LogP contribution is -2.44. The molecule has 2 aromatic heterocycles. The predicted octanol–water partition coefficient (Wildman–Crippen LogP) is 3.98. The Bertz CT molecular complexity index is 684. The van der Waals surface area contributed by atoms with E-state index < -0.39 is 0 Å². The van der Waals surface area contributed by atoms with Gasteiger partial charge in [-0.25, -0.2) is 4.79 Å². The van der Waals surface area contributed by atoms with Crippen LogP contribution in [0.5, 0.6) is 0 Å². The van der Waals surface area contributed by atoms with E-state index in [-0.39, 0.29) is 6.03 Å². The van der Waals surface area contributed by atoms with Crippen LogP contribution >= 0.6 is 11.3 Å². The molecule has 3 heterocycles. The number of nitrogens with one attached hydrogen (secondary N) is 1. The normalized spacial score (nSPS) is 27.0. The summed E-state index contributed by atoms with van der Waals surface area (Å²) in [6.45, 7) is 2.15. The quantitative estimate of drug-likeness (QED) is 0.903. The van der Waals surface area contributed by atoms with Gasteiger partial charge in [-0.05, 0) is 44.2 Å². The van der Waals surface area contributed by atoms with Gasteiger partial charge in [0.1, 0.15) is 0 Å². The first kappa shape index (κ1) is 14.7. The number of furan rings is 1. The molecule has 1 N–H and O–H groups in total. The van der Waals surface area contributed by atoms with Crippen molar-refractivity contribution >= 4 is 22.5 Å². The van der Waals surface area contributed by atoms with Crippen LogP contribution in [0, 0.1) is 5.92 Å². The molecule has 1 aliphatic carbocycles. The Balaban J connectivity index is 1.47. The van der Waals surface area contributed by atoms with Crippen molar-refractivity contribution < 1.29 is 9.21 Å². The molecular formula is C16H20N4O2S. The summed E-state index contributed by atoms with van der Waals surface area (Å²) >= 11 is 1.33. The number of hydrogen-bond donors (Lipinski definition) is 1. The topological polar surface area (TPSA) is 71.3 Å². The van der Waals surface area contributed by atoms with Crippen molar-refractivity contribution in [2.45, 2.75) is 51.1 Å². The number of aromatic nitrogens is 2. The first-order valence-electron chi connectivity index (χ1n) is 8.19. The molecule has 2 fully saturated rings. The molecule has 0 bridgehead atoms. The molecule has 1 saturated heterocycles. The number of carbonyl (C=O) groups excluding carboxylic acids is 1. The molecule has 4 rings (SSSR count). The van der Waals surface area contributed by atoms with Crippen LogP contribution in [0.15, 0.2) is 22.8 Å². The van der Waals surface area contributed by atoms with E-state index in [0.717, 1.165) is 12.8 Å². The van der Waals surface area contributed by atoms with Gasteiger partial charge in [-0.3, -0.25) is 5.32 Å². The predicted molar refractivity (Wildman–Crippen MR) is 88.3 cm³/mol. The summed E-state index contributed by atoms with van der Waals surface area (Å²) in [4.78, 5) is 14.7. The number of carbonyl (C=O) groups is 1. The molecule has 2 amide bonds. The molecule has 6 nitrogen and oxygen atoms in total. The molecule has 2 aliphatic rings. The van der Waals surface area contributed by atoms with E-state index in [9.17, 15) is 4.79 Å². The van der Waals surface area contributed by atoms with Gasteiger partial charge in [0.25, 0.3) is 0 Å². The standard InChI is InChI=1S/C16H20N4O2S/c1-10-9-11-5-2-3-6-12(11)20(10)16(21)17-15-19-18-14(23-15)13-7-4-8-22-13/h4,7-8,10-12H,2-3,5-6,9H2,1H3,(H,17,19,21). The van der Waals surface area contributed by atoms with Crippen molar-refractivity contribution in [3.63, 3.8) is 0 Å². The summed E-state index contributed by atoms with van der Waals surface area (Å²) in [5, 5.41) is 12.3. The summed E-state index contributed by atoms with van der Waals surface area (Å²) in [7, 11) is 0. The third-order valence-corrected chi connectivity index (χ3v) is 5.80. The largest absolute Gasteiger partial charge is 0.462 e. The van der Waals surface area contributed by atoms with Crippen molar-refractivity contribution in [3.05, 3.63) is 18.4 Å². The number of amides is 2. The van der Waals surface area contributed by atoms with Gasteiger partial charge in [0.2, 0.25) is 5.13 Å². The van der Waals surface area contributed by atoms with E-state index in [1.54, 1.807) is 6.26 Å². The Morgan fingerprint density at radius 3 is 3.09 bits per heavy atom. The van der Waals surface area contributed by atoms with E-state index in [4.69, 9.17) is 4.42 Å². The average Bonchev–Trinajstić information content (AvgIpc) is 3.25. The lowest BCUT2D eigenvalue weighted by atomic mass is 9.85. The maximum absolute atomic E-state index is 12.7. The number of anilines is 1. The van der Waals surface area contributed by atoms with E-state index in [1.165, 1.54) is 30.6 Å². The third-order valence-electron chi connectivity index (χ3n) is 4.95. The molecule has 2 aromatic rings. The van der Waals surface area contributed by atoms with Crippen LogP contribution in [0.3, 0.4) is 0 Å². The Morgan fingerprint density at radius 2 is 2.26 bits per heavy atom. The molecule has 122 valence electrons. The zero-order chi connectivity index (χ0) is 15.8. The third kappa shape index (κ3) is 2.73. The molecule has 0 radical (unpaired) electrons. The van der Waals surface area contributed by atoms with Crippen LogP contribution in [-0.4, -0.2) is 33.2 Å². The fourth-order valence-corrected chi connectivity index (χ4v) is 4.69. The lowest BCUT2D eigenvalue weighted by molar-refractivity contribution is 0.168. The molecule has 1 aliphatic heterocycles. The van der Waals surface area contributed by atoms with Gasteiger partial charge in [0.15, 0.2) is 10.8 Å². The van der Waals surface area contributed by atoms with Crippen molar-refractivity contribution in [2.75, 3.05) is 5.32 Å². The fourth-order valence-electron chi connectivity index (χ4n) is 3.99. The monoisotopic (exact) mass is 332 g/mol. The number of rotatable bonds is 2. The maximum Gasteiger partial charge on any atom is 0.324 e. The van der Waals surface area contributed by atoms with Gasteiger partial charge in [-0.15, -0.1) is 10.2 Å². The second kappa shape index (κ2) is 5.96. The average molecular weight is 332 g/mol. The molecule has 1 saturated carbocycles. The summed E-state index contributed by atoms with van der Waals surface area (Å²) in [5.74, 6) is 1.34. The molecule has 0 aromatic carbocycles. The molecule has 3 unspecified atom stereocenters. The maximum atomic E-state index is 12.7. The zero-order valence-corrected chi connectivity index (χ0v) is 13.9. The highest BCUT2D eigenvalue weighted by atomic mass is 32.1. The minimum Gasteiger partial charge on any atom is -0.462 e. The molecular weight excluding hydrogens is 312 g/mol. The van der Waals surface area contributed by atoms with Gasteiger partial charge in [0, 0.05) is 12.1 Å². The number of hydrogen-bond acceptors (Lipinski definition) is 5. The van der Waals surface area contributed by atoms with Gasteiger partial charge in [-0.2, -0.15) is 0 Å². The Kier molecular flexibility index (Phi) is 3.80. The first-order chi connectivity index (χ1) is 11.2. The number of urea groups is 1. The van der Waals surface area contributed by atoms with E-state index >= 15 is 0 Å². The SMILES string of the molecule is CC1CC2CCCCC2N1C(=O)Nc1nnc(-c2ccco2)s1. The summed E-state index contributed by atoms with van der Waals surface area (Å²) in [6.07, 6.45) is 7.61. The summed E-state index contributed by atoms with van der Waals surface area (Å²) in [5.41, 5.74) is 0. The van der Waals surface area contributed by atoms with Crippen LogP contribution in [0.4, 0.5) is 9.93 Å².